The van der Waals surface area contributed by atoms with Gasteiger partial charge in [-0.05, 0) is 30.3 Å². The molecule has 3 rings (SSSR count). The summed E-state index contributed by atoms with van der Waals surface area (Å²) in [6.07, 6.45) is 1.84. The molecule has 1 aliphatic heterocycles. The topological polar surface area (TPSA) is 64.3 Å². The minimum Gasteiger partial charge on any atom is -0.496 e. The molecule has 0 radical (unpaired) electrons. The number of fused-ring (bicyclic) bond motifs is 2. The van der Waals surface area contributed by atoms with Crippen LogP contribution in [0.2, 0.25) is 0 Å². The van der Waals surface area contributed by atoms with Crippen molar-refractivity contribution in [1.29, 1.82) is 0 Å². The summed E-state index contributed by atoms with van der Waals surface area (Å²) in [7, 11) is 1.61. The van der Waals surface area contributed by atoms with Crippen molar-refractivity contribution in [2.45, 2.75) is 0 Å². The summed E-state index contributed by atoms with van der Waals surface area (Å²) >= 11 is 0. The highest BCUT2D eigenvalue weighted by Gasteiger charge is 2.18. The van der Waals surface area contributed by atoms with Crippen molar-refractivity contribution in [2.24, 2.45) is 5.73 Å². The van der Waals surface area contributed by atoms with Crippen molar-refractivity contribution < 1.29 is 9.53 Å². The van der Waals surface area contributed by atoms with Gasteiger partial charge in [0.1, 0.15) is 5.76 Å². The highest BCUT2D eigenvalue weighted by molar-refractivity contribution is 6.03. The number of para-hydroxylation sites is 1. The van der Waals surface area contributed by atoms with E-state index in [1.807, 2.05) is 36.4 Å². The number of primary amides is 1. The fraction of sp³-hybridized carbons (Fsp3) is 0.0625. The Balaban J connectivity index is 2.28. The van der Waals surface area contributed by atoms with Gasteiger partial charge in [-0.2, -0.15) is 0 Å². The number of hydrogen-bond donors (Lipinski definition) is 2. The van der Waals surface area contributed by atoms with Crippen LogP contribution >= 0.6 is 0 Å². The number of hydrogen-bond acceptors (Lipinski definition) is 3. The maximum absolute atomic E-state index is 11.6. The Labute approximate surface area is 116 Å². The molecule has 1 aliphatic rings. The molecule has 0 bridgehead atoms. The molecule has 4 heteroatoms. The van der Waals surface area contributed by atoms with Crippen LogP contribution in [0.3, 0.4) is 0 Å². The summed E-state index contributed by atoms with van der Waals surface area (Å²) in [5, 5.41) is 3.32. The maximum Gasteiger partial charge on any atom is 0.249 e. The fourth-order valence-corrected chi connectivity index (χ4v) is 2.37. The Morgan fingerprint density at radius 2 is 1.85 bits per heavy atom. The van der Waals surface area contributed by atoms with Crippen molar-refractivity contribution >= 4 is 29.1 Å². The molecular formula is C16H14N2O2. The minimum absolute atomic E-state index is 0.457. The van der Waals surface area contributed by atoms with Crippen LogP contribution in [0.4, 0.5) is 11.4 Å². The van der Waals surface area contributed by atoms with Gasteiger partial charge in [0.2, 0.25) is 5.91 Å². The molecule has 0 spiro atoms. The lowest BCUT2D eigenvalue weighted by atomic mass is 10.0. The Bertz CT molecular complexity index is 720. The average Bonchev–Trinajstić information content (AvgIpc) is 2.62. The van der Waals surface area contributed by atoms with Crippen molar-refractivity contribution in [1.82, 2.24) is 0 Å². The van der Waals surface area contributed by atoms with Crippen molar-refractivity contribution in [3.63, 3.8) is 0 Å². The van der Waals surface area contributed by atoms with Gasteiger partial charge in [-0.25, -0.2) is 0 Å². The number of carbonyl (C=O) groups excluding carboxylic acids is 1. The minimum atomic E-state index is -0.457. The molecule has 0 saturated carbocycles. The van der Waals surface area contributed by atoms with Crippen LogP contribution in [-0.4, -0.2) is 13.0 Å². The molecule has 0 fully saturated rings. The molecule has 1 heterocycles. The molecule has 2 aromatic carbocycles. The third kappa shape index (κ3) is 1.91. The summed E-state index contributed by atoms with van der Waals surface area (Å²) in [6, 6.07) is 13.2. The molecule has 2 aromatic rings. The molecule has 3 N–H and O–H groups in total. The third-order valence-corrected chi connectivity index (χ3v) is 3.33. The Morgan fingerprint density at radius 1 is 1.10 bits per heavy atom. The largest absolute Gasteiger partial charge is 0.496 e. The van der Waals surface area contributed by atoms with E-state index in [0.717, 1.165) is 22.5 Å². The van der Waals surface area contributed by atoms with Crippen LogP contribution in [0.15, 0.2) is 42.5 Å². The number of anilines is 2. The summed E-state index contributed by atoms with van der Waals surface area (Å²) in [5.74, 6) is 0.238. The Hall–Kier alpha value is -2.75. The zero-order chi connectivity index (χ0) is 14.1. The van der Waals surface area contributed by atoms with E-state index in [1.54, 1.807) is 19.2 Å². The fourth-order valence-electron chi connectivity index (χ4n) is 2.37. The maximum atomic E-state index is 11.6. The number of rotatable bonds is 2. The van der Waals surface area contributed by atoms with E-state index in [1.165, 1.54) is 0 Å². The van der Waals surface area contributed by atoms with E-state index in [-0.39, 0.29) is 0 Å². The molecule has 0 aromatic heterocycles. The molecule has 1 amide bonds. The Kier molecular flexibility index (Phi) is 2.91. The van der Waals surface area contributed by atoms with E-state index in [2.05, 4.69) is 5.32 Å². The lowest BCUT2D eigenvalue weighted by Crippen LogP contribution is -2.13. The summed E-state index contributed by atoms with van der Waals surface area (Å²) in [5.41, 5.74) is 9.37. The van der Waals surface area contributed by atoms with Gasteiger partial charge < -0.3 is 15.8 Å². The average molecular weight is 266 g/mol. The molecule has 0 unspecified atom stereocenters. The van der Waals surface area contributed by atoms with Crippen LogP contribution in [0.5, 0.6) is 0 Å². The lowest BCUT2D eigenvalue weighted by molar-refractivity contribution is 0.1000. The first kappa shape index (κ1) is 12.3. The zero-order valence-corrected chi connectivity index (χ0v) is 11.0. The van der Waals surface area contributed by atoms with Gasteiger partial charge >= 0.3 is 0 Å². The molecule has 100 valence electrons. The van der Waals surface area contributed by atoms with E-state index >= 15 is 0 Å². The SMILES string of the molecule is COC1=Cc2c(cccc2C(N)=O)Nc2ccccc21. The number of nitrogens with one attached hydrogen (secondary N) is 1. The van der Waals surface area contributed by atoms with Gasteiger partial charge in [-0.1, -0.05) is 18.2 Å². The zero-order valence-electron chi connectivity index (χ0n) is 11.0. The predicted octanol–water partition coefficient (Wildman–Crippen LogP) is 2.99. The van der Waals surface area contributed by atoms with Crippen LogP contribution in [0.25, 0.3) is 11.8 Å². The second kappa shape index (κ2) is 4.74. The van der Waals surface area contributed by atoms with Crippen molar-refractivity contribution in [3.8, 4) is 0 Å². The van der Waals surface area contributed by atoms with E-state index in [4.69, 9.17) is 10.5 Å². The van der Waals surface area contributed by atoms with Crippen LogP contribution < -0.4 is 11.1 Å². The molecular weight excluding hydrogens is 252 g/mol. The van der Waals surface area contributed by atoms with Gasteiger partial charge in [-0.15, -0.1) is 0 Å². The standard InChI is InChI=1S/C16H14N2O2/c1-20-15-9-12-10(16(17)19)6-4-8-14(12)18-13-7-3-2-5-11(13)15/h2-9,18H,1H3,(H2,17,19). The number of carbonyl (C=O) groups is 1. The van der Waals surface area contributed by atoms with E-state index in [9.17, 15) is 4.79 Å². The first-order chi connectivity index (χ1) is 9.70. The molecule has 4 nitrogen and oxygen atoms in total. The number of benzene rings is 2. The highest BCUT2D eigenvalue weighted by Crippen LogP contribution is 2.36. The number of ether oxygens (including phenoxy) is 1. The van der Waals surface area contributed by atoms with Gasteiger partial charge in [0, 0.05) is 28.1 Å². The van der Waals surface area contributed by atoms with Gasteiger partial charge in [0.25, 0.3) is 0 Å². The molecule has 20 heavy (non-hydrogen) atoms. The summed E-state index contributed by atoms with van der Waals surface area (Å²) in [4.78, 5) is 11.6. The van der Waals surface area contributed by atoms with Gasteiger partial charge in [0.15, 0.2) is 0 Å². The number of methoxy groups -OCH3 is 1. The van der Waals surface area contributed by atoms with Crippen LogP contribution in [0.1, 0.15) is 21.5 Å². The second-order valence-electron chi connectivity index (χ2n) is 4.51. The molecule has 0 saturated heterocycles. The summed E-state index contributed by atoms with van der Waals surface area (Å²) < 4.78 is 5.46. The highest BCUT2D eigenvalue weighted by atomic mass is 16.5. The van der Waals surface area contributed by atoms with E-state index < -0.39 is 5.91 Å². The Morgan fingerprint density at radius 3 is 2.60 bits per heavy atom. The number of amides is 1. The van der Waals surface area contributed by atoms with Gasteiger partial charge in [0.05, 0.1) is 7.11 Å². The lowest BCUT2D eigenvalue weighted by Gasteiger charge is -2.11. The second-order valence-corrected chi connectivity index (χ2v) is 4.51. The van der Waals surface area contributed by atoms with Crippen molar-refractivity contribution in [2.75, 3.05) is 12.4 Å². The van der Waals surface area contributed by atoms with Crippen LogP contribution in [-0.2, 0) is 4.74 Å². The summed E-state index contributed by atoms with van der Waals surface area (Å²) in [6.45, 7) is 0. The van der Waals surface area contributed by atoms with Gasteiger partial charge in [-0.3, -0.25) is 4.79 Å². The quantitative estimate of drug-likeness (QED) is 0.878. The molecule has 0 aliphatic carbocycles. The van der Waals surface area contributed by atoms with Crippen molar-refractivity contribution in [3.05, 3.63) is 59.2 Å². The molecule has 0 atom stereocenters. The third-order valence-electron chi connectivity index (χ3n) is 3.33. The normalized spacial score (nSPS) is 12.3. The van der Waals surface area contributed by atoms with E-state index in [0.29, 0.717) is 11.3 Å². The first-order valence-electron chi connectivity index (χ1n) is 6.25. The smallest absolute Gasteiger partial charge is 0.249 e. The predicted molar refractivity (Wildman–Crippen MR) is 79.6 cm³/mol. The van der Waals surface area contributed by atoms with Crippen LogP contribution in [0, 0.1) is 0 Å². The number of nitrogens with two attached hydrogens (primary N) is 1. The first-order valence-corrected chi connectivity index (χ1v) is 6.25. The monoisotopic (exact) mass is 266 g/mol.